The van der Waals surface area contributed by atoms with Crippen LogP contribution in [0.5, 0.6) is 0 Å². The summed E-state index contributed by atoms with van der Waals surface area (Å²) in [6, 6.07) is 7.85. The van der Waals surface area contributed by atoms with E-state index >= 15 is 0 Å². The van der Waals surface area contributed by atoms with Gasteiger partial charge in [-0.05, 0) is 50.3 Å². The molecule has 1 aromatic carbocycles. The molecule has 140 valence electrons. The Balaban J connectivity index is 1.93. The van der Waals surface area contributed by atoms with Crippen LogP contribution in [0.1, 0.15) is 28.8 Å². The maximum Gasteiger partial charge on any atom is 0.267 e. The second kappa shape index (κ2) is 7.48. The zero-order chi connectivity index (χ0) is 19.0. The smallest absolute Gasteiger partial charge is 0.267 e. The van der Waals surface area contributed by atoms with E-state index in [4.69, 9.17) is 4.98 Å². The third-order valence-corrected chi connectivity index (χ3v) is 6.99. The molecule has 1 aliphatic rings. The van der Waals surface area contributed by atoms with Crippen molar-refractivity contribution in [1.82, 2.24) is 14.9 Å². The number of rotatable bonds is 4. The van der Waals surface area contributed by atoms with Crippen molar-refractivity contribution < 1.29 is 4.79 Å². The van der Waals surface area contributed by atoms with Gasteiger partial charge in [0, 0.05) is 11.9 Å². The average molecular weight is 400 g/mol. The molecular formula is C20H21N3O2S2. The van der Waals surface area contributed by atoms with Crippen LogP contribution in [-0.2, 0) is 17.6 Å². The van der Waals surface area contributed by atoms with Crippen molar-refractivity contribution in [2.45, 2.75) is 37.8 Å². The zero-order valence-electron chi connectivity index (χ0n) is 15.4. The molecule has 5 nitrogen and oxygen atoms in total. The molecule has 0 spiro atoms. The Hall–Kier alpha value is -2.12. The summed E-state index contributed by atoms with van der Waals surface area (Å²) in [4.78, 5) is 32.1. The summed E-state index contributed by atoms with van der Waals surface area (Å²) in [7, 11) is 1.61. The van der Waals surface area contributed by atoms with E-state index in [1.54, 1.807) is 23.0 Å². The summed E-state index contributed by atoms with van der Waals surface area (Å²) in [5.41, 5.74) is 3.08. The lowest BCUT2D eigenvalue weighted by molar-refractivity contribution is -0.118. The minimum atomic E-state index is -0.0877. The molecule has 2 aromatic heterocycles. The first-order valence-electron chi connectivity index (χ1n) is 9.06. The highest BCUT2D eigenvalue weighted by Gasteiger charge is 2.23. The van der Waals surface area contributed by atoms with Crippen molar-refractivity contribution in [2.24, 2.45) is 0 Å². The van der Waals surface area contributed by atoms with Gasteiger partial charge in [-0.25, -0.2) is 4.98 Å². The number of fused-ring (bicyclic) bond motifs is 3. The number of thioether (sulfide) groups is 1. The molecule has 1 aliphatic carbocycles. The lowest BCUT2D eigenvalue weighted by atomic mass is 9.97. The van der Waals surface area contributed by atoms with Crippen molar-refractivity contribution in [3.8, 4) is 5.69 Å². The van der Waals surface area contributed by atoms with E-state index in [0.717, 1.165) is 40.7 Å². The maximum atomic E-state index is 13.5. The topological polar surface area (TPSA) is 64.0 Å². The summed E-state index contributed by atoms with van der Waals surface area (Å²) in [6.07, 6.45) is 4.27. The molecule has 3 aromatic rings. The van der Waals surface area contributed by atoms with Crippen LogP contribution in [0.2, 0.25) is 0 Å². The predicted molar refractivity (Wildman–Crippen MR) is 111 cm³/mol. The molecule has 0 bridgehead atoms. The third kappa shape index (κ3) is 3.41. The van der Waals surface area contributed by atoms with Gasteiger partial charge in [-0.1, -0.05) is 29.5 Å². The van der Waals surface area contributed by atoms with Gasteiger partial charge in [0.1, 0.15) is 4.83 Å². The number of amides is 1. The molecule has 4 rings (SSSR count). The van der Waals surface area contributed by atoms with Gasteiger partial charge in [0.15, 0.2) is 5.16 Å². The molecule has 0 fully saturated rings. The number of aryl methyl sites for hydroxylation is 3. The molecule has 0 saturated carbocycles. The van der Waals surface area contributed by atoms with Crippen molar-refractivity contribution in [3.05, 3.63) is 50.6 Å². The van der Waals surface area contributed by atoms with E-state index in [9.17, 15) is 9.59 Å². The summed E-state index contributed by atoms with van der Waals surface area (Å²) >= 11 is 2.94. The van der Waals surface area contributed by atoms with Gasteiger partial charge in [-0.15, -0.1) is 11.3 Å². The van der Waals surface area contributed by atoms with Crippen LogP contribution in [0.4, 0.5) is 0 Å². The summed E-state index contributed by atoms with van der Waals surface area (Å²) in [6.45, 7) is 2.02. The van der Waals surface area contributed by atoms with Gasteiger partial charge in [0.25, 0.3) is 5.56 Å². The number of benzene rings is 1. The quantitative estimate of drug-likeness (QED) is 0.539. The van der Waals surface area contributed by atoms with Gasteiger partial charge < -0.3 is 5.32 Å². The van der Waals surface area contributed by atoms with Gasteiger partial charge in [0.05, 0.1) is 16.8 Å². The van der Waals surface area contributed by atoms with E-state index in [0.29, 0.717) is 5.16 Å². The van der Waals surface area contributed by atoms with Gasteiger partial charge in [-0.2, -0.15) is 0 Å². The van der Waals surface area contributed by atoms with Crippen molar-refractivity contribution in [1.29, 1.82) is 0 Å². The number of carbonyl (C=O) groups excluding carboxylic acids is 1. The van der Waals surface area contributed by atoms with Gasteiger partial charge >= 0.3 is 0 Å². The molecule has 0 radical (unpaired) electrons. The summed E-state index contributed by atoms with van der Waals surface area (Å²) in [5, 5.41) is 3.95. The number of thiophene rings is 1. The van der Waals surface area contributed by atoms with Crippen LogP contribution < -0.4 is 10.9 Å². The molecule has 1 N–H and O–H groups in total. The Morgan fingerprint density at radius 2 is 2.00 bits per heavy atom. The fourth-order valence-corrected chi connectivity index (χ4v) is 5.59. The van der Waals surface area contributed by atoms with Gasteiger partial charge in [-0.3, -0.25) is 14.2 Å². The maximum absolute atomic E-state index is 13.5. The van der Waals surface area contributed by atoms with Crippen molar-refractivity contribution in [2.75, 3.05) is 12.8 Å². The Morgan fingerprint density at radius 1 is 1.26 bits per heavy atom. The normalized spacial score (nSPS) is 13.6. The minimum Gasteiger partial charge on any atom is -0.358 e. The first-order chi connectivity index (χ1) is 13.1. The molecule has 2 heterocycles. The number of hydrogen-bond acceptors (Lipinski definition) is 5. The second-order valence-corrected chi connectivity index (χ2v) is 8.75. The third-order valence-electron chi connectivity index (χ3n) is 4.86. The van der Waals surface area contributed by atoms with Crippen molar-refractivity contribution >= 4 is 39.2 Å². The number of carbonyl (C=O) groups is 1. The summed E-state index contributed by atoms with van der Waals surface area (Å²) in [5.74, 6) is 0.140. The largest absolute Gasteiger partial charge is 0.358 e. The fourth-order valence-electron chi connectivity index (χ4n) is 3.41. The van der Waals surface area contributed by atoms with E-state index in [1.165, 1.54) is 28.6 Å². The fraction of sp³-hybridized carbons (Fsp3) is 0.350. The van der Waals surface area contributed by atoms with Crippen LogP contribution in [-0.4, -0.2) is 28.3 Å². The highest BCUT2D eigenvalue weighted by Crippen LogP contribution is 2.35. The number of nitrogens with zero attached hydrogens (tertiary/aromatic N) is 2. The lowest BCUT2D eigenvalue weighted by Crippen LogP contribution is -2.24. The van der Waals surface area contributed by atoms with Crippen LogP contribution in [0, 0.1) is 6.92 Å². The molecule has 7 heteroatoms. The van der Waals surface area contributed by atoms with Crippen molar-refractivity contribution in [3.63, 3.8) is 0 Å². The Morgan fingerprint density at radius 3 is 2.74 bits per heavy atom. The molecular weight excluding hydrogens is 378 g/mol. The molecule has 0 saturated heterocycles. The average Bonchev–Trinajstić information content (AvgIpc) is 3.05. The first kappa shape index (κ1) is 18.3. The number of nitrogens with one attached hydrogen (secondary N) is 1. The molecule has 27 heavy (non-hydrogen) atoms. The summed E-state index contributed by atoms with van der Waals surface area (Å²) < 4.78 is 1.66. The number of hydrogen-bond donors (Lipinski definition) is 1. The van der Waals surface area contributed by atoms with Crippen LogP contribution in [0.15, 0.2) is 34.2 Å². The van der Waals surface area contributed by atoms with E-state index in [1.807, 2.05) is 31.2 Å². The molecule has 0 unspecified atom stereocenters. The van der Waals surface area contributed by atoms with Gasteiger partial charge in [0.2, 0.25) is 5.91 Å². The van der Waals surface area contributed by atoms with E-state index in [-0.39, 0.29) is 17.2 Å². The lowest BCUT2D eigenvalue weighted by Gasteiger charge is -2.13. The zero-order valence-corrected chi connectivity index (χ0v) is 17.0. The Kier molecular flexibility index (Phi) is 5.06. The molecule has 0 atom stereocenters. The van der Waals surface area contributed by atoms with Crippen LogP contribution in [0.3, 0.4) is 0 Å². The van der Waals surface area contributed by atoms with E-state index < -0.39 is 0 Å². The minimum absolute atomic E-state index is 0.0253. The van der Waals surface area contributed by atoms with Crippen LogP contribution in [0.25, 0.3) is 15.9 Å². The first-order valence-corrected chi connectivity index (χ1v) is 10.9. The highest BCUT2D eigenvalue weighted by molar-refractivity contribution is 7.99. The monoisotopic (exact) mass is 399 g/mol. The predicted octanol–water partition coefficient (Wildman–Crippen LogP) is 3.47. The second-order valence-electron chi connectivity index (χ2n) is 6.72. The molecule has 0 aliphatic heterocycles. The standard InChI is InChI=1S/C20H21N3O2S2/c1-12-7-9-13(10-8-12)23-19(25)17-14-5-3-4-6-15(14)27-18(17)22-20(23)26-11-16(24)21-2/h7-10H,3-6,11H2,1-2H3,(H,21,24). The highest BCUT2D eigenvalue weighted by atomic mass is 32.2. The molecule has 1 amide bonds. The Labute approximate surface area is 165 Å². The van der Waals surface area contributed by atoms with Crippen LogP contribution >= 0.6 is 23.1 Å². The Bertz CT molecular complexity index is 1070. The number of aromatic nitrogens is 2. The van der Waals surface area contributed by atoms with E-state index in [2.05, 4.69) is 5.32 Å². The SMILES string of the molecule is CNC(=O)CSc1nc2sc3c(c2c(=O)n1-c1ccc(C)cc1)CCCC3.